The summed E-state index contributed by atoms with van der Waals surface area (Å²) in [5, 5.41) is 7.05. The lowest BCUT2D eigenvalue weighted by atomic mass is 9.96. The zero-order valence-electron chi connectivity index (χ0n) is 32.6. The molecule has 0 amide bonds. The normalized spacial score (nSPS) is 11.7. The van der Waals surface area contributed by atoms with Gasteiger partial charge in [0.05, 0.1) is 27.8 Å². The molecule has 0 fully saturated rings. The van der Waals surface area contributed by atoms with E-state index in [4.69, 9.17) is 9.97 Å². The summed E-state index contributed by atoms with van der Waals surface area (Å²) in [7, 11) is 0. The van der Waals surface area contributed by atoms with Crippen molar-refractivity contribution in [2.75, 3.05) is 0 Å². The molecule has 12 rings (SSSR count). The van der Waals surface area contributed by atoms with Crippen LogP contribution in [0.25, 0.3) is 111 Å². The van der Waals surface area contributed by atoms with Gasteiger partial charge in [-0.15, -0.1) is 0 Å². The zero-order chi connectivity index (χ0) is 39.6. The largest absolute Gasteiger partial charge is 0.316 e. The van der Waals surface area contributed by atoms with E-state index in [2.05, 4.69) is 228 Å². The molecule has 60 heavy (non-hydrogen) atoms. The molecule has 4 nitrogen and oxygen atoms in total. The number of fused-ring (bicyclic) bond motifs is 7. The first-order valence-electron chi connectivity index (χ1n) is 20.4. The molecule has 3 aromatic heterocycles. The molecule has 280 valence electrons. The van der Waals surface area contributed by atoms with Gasteiger partial charge < -0.3 is 9.13 Å². The summed E-state index contributed by atoms with van der Waals surface area (Å²) in [6.45, 7) is 0. The highest BCUT2D eigenvalue weighted by Crippen LogP contribution is 2.40. The van der Waals surface area contributed by atoms with Gasteiger partial charge in [0.15, 0.2) is 5.82 Å². The predicted octanol–water partition coefficient (Wildman–Crippen LogP) is 14.5. The van der Waals surface area contributed by atoms with Gasteiger partial charge in [-0.25, -0.2) is 9.97 Å². The number of benzene rings is 9. The third kappa shape index (κ3) is 5.53. The standard InChI is InChI=1S/C56H36N4/c1-3-12-37(13-4-1)38-26-29-43(30-27-38)59-35-34-49-52(59)33-31-47-50-36-42(28-32-53(50)60(55(47)49)44-16-5-2-6-17-44)56-57-51-21-10-9-19-48(51)54(58-56)41-24-22-40(23-25-41)46-20-11-15-39-14-7-8-18-45(39)46/h1-36H. The van der Waals surface area contributed by atoms with Crippen LogP contribution < -0.4 is 0 Å². The molecule has 3 heterocycles. The second-order valence-electron chi connectivity index (χ2n) is 15.4. The average Bonchev–Trinajstić information content (AvgIpc) is 3.91. The summed E-state index contributed by atoms with van der Waals surface area (Å²) in [4.78, 5) is 10.5. The molecule has 0 bridgehead atoms. The maximum atomic E-state index is 5.34. The van der Waals surface area contributed by atoms with Crippen LogP contribution in [0.1, 0.15) is 0 Å². The minimum atomic E-state index is 0.704. The lowest BCUT2D eigenvalue weighted by Gasteiger charge is -2.12. The van der Waals surface area contributed by atoms with Crippen LogP contribution in [-0.2, 0) is 0 Å². The van der Waals surface area contributed by atoms with E-state index in [1.54, 1.807) is 0 Å². The van der Waals surface area contributed by atoms with Gasteiger partial charge in [0.2, 0.25) is 0 Å². The van der Waals surface area contributed by atoms with E-state index in [9.17, 15) is 0 Å². The Morgan fingerprint density at radius 3 is 1.83 bits per heavy atom. The van der Waals surface area contributed by atoms with Gasteiger partial charge in [-0.3, -0.25) is 0 Å². The molecule has 9 aromatic carbocycles. The molecule has 0 unspecified atom stereocenters. The predicted molar refractivity (Wildman–Crippen MR) is 250 cm³/mol. The number of rotatable bonds is 6. The number of hydrogen-bond donors (Lipinski definition) is 0. The highest BCUT2D eigenvalue weighted by Gasteiger charge is 2.19. The fraction of sp³-hybridized carbons (Fsp3) is 0. The van der Waals surface area contributed by atoms with Crippen LogP contribution in [0.5, 0.6) is 0 Å². The molecule has 0 aliphatic carbocycles. The van der Waals surface area contributed by atoms with Crippen LogP contribution in [0.4, 0.5) is 0 Å². The Morgan fingerprint density at radius 1 is 0.350 bits per heavy atom. The molecular formula is C56H36N4. The average molecular weight is 765 g/mol. The fourth-order valence-electron chi connectivity index (χ4n) is 9.09. The quantitative estimate of drug-likeness (QED) is 0.169. The maximum absolute atomic E-state index is 5.34. The van der Waals surface area contributed by atoms with Crippen molar-refractivity contribution in [3.8, 4) is 56.3 Å². The van der Waals surface area contributed by atoms with Crippen LogP contribution >= 0.6 is 0 Å². The van der Waals surface area contributed by atoms with Crippen molar-refractivity contribution in [3.63, 3.8) is 0 Å². The monoisotopic (exact) mass is 764 g/mol. The third-order valence-corrected chi connectivity index (χ3v) is 12.0. The molecular weight excluding hydrogens is 729 g/mol. The molecule has 0 atom stereocenters. The van der Waals surface area contributed by atoms with Crippen LogP contribution in [0, 0.1) is 0 Å². The number of aromatic nitrogens is 4. The maximum Gasteiger partial charge on any atom is 0.160 e. The molecule has 0 saturated carbocycles. The topological polar surface area (TPSA) is 35.6 Å². The highest BCUT2D eigenvalue weighted by molar-refractivity contribution is 6.19. The van der Waals surface area contributed by atoms with E-state index < -0.39 is 0 Å². The summed E-state index contributed by atoms with van der Waals surface area (Å²) >= 11 is 0. The van der Waals surface area contributed by atoms with Crippen LogP contribution in [-0.4, -0.2) is 19.1 Å². The Morgan fingerprint density at radius 2 is 1.00 bits per heavy atom. The second-order valence-corrected chi connectivity index (χ2v) is 15.4. The molecule has 0 N–H and O–H groups in total. The minimum absolute atomic E-state index is 0.704. The summed E-state index contributed by atoms with van der Waals surface area (Å²) in [6.07, 6.45) is 2.19. The minimum Gasteiger partial charge on any atom is -0.316 e. The van der Waals surface area contributed by atoms with Gasteiger partial charge in [0.25, 0.3) is 0 Å². The van der Waals surface area contributed by atoms with Gasteiger partial charge in [-0.1, -0.05) is 152 Å². The molecule has 0 radical (unpaired) electrons. The number of para-hydroxylation sites is 2. The Kier molecular flexibility index (Phi) is 7.82. The van der Waals surface area contributed by atoms with Gasteiger partial charge in [-0.05, 0) is 93.7 Å². The first kappa shape index (κ1) is 34.0. The van der Waals surface area contributed by atoms with E-state index in [-0.39, 0.29) is 0 Å². The summed E-state index contributed by atoms with van der Waals surface area (Å²) in [5.41, 5.74) is 14.4. The molecule has 12 aromatic rings. The fourth-order valence-corrected chi connectivity index (χ4v) is 9.09. The van der Waals surface area contributed by atoms with Crippen molar-refractivity contribution in [1.29, 1.82) is 0 Å². The molecule has 0 spiro atoms. The van der Waals surface area contributed by atoms with E-state index in [0.717, 1.165) is 55.5 Å². The zero-order valence-corrected chi connectivity index (χ0v) is 32.6. The first-order chi connectivity index (χ1) is 29.7. The van der Waals surface area contributed by atoms with E-state index in [1.807, 2.05) is 0 Å². The first-order valence-corrected chi connectivity index (χ1v) is 20.4. The summed E-state index contributed by atoms with van der Waals surface area (Å²) in [5.74, 6) is 0.704. The summed E-state index contributed by atoms with van der Waals surface area (Å²) in [6, 6.07) is 75.8. The van der Waals surface area contributed by atoms with Crippen LogP contribution in [0.3, 0.4) is 0 Å². The molecule has 4 heteroatoms. The third-order valence-electron chi connectivity index (χ3n) is 12.0. The van der Waals surface area contributed by atoms with E-state index >= 15 is 0 Å². The van der Waals surface area contributed by atoms with Crippen molar-refractivity contribution in [1.82, 2.24) is 19.1 Å². The molecule has 0 aliphatic rings. The smallest absolute Gasteiger partial charge is 0.160 e. The Balaban J connectivity index is 0.994. The summed E-state index contributed by atoms with van der Waals surface area (Å²) < 4.78 is 4.70. The lowest BCUT2D eigenvalue weighted by molar-refractivity contribution is 1.13. The highest BCUT2D eigenvalue weighted by atomic mass is 15.0. The van der Waals surface area contributed by atoms with Gasteiger partial charge in [0.1, 0.15) is 0 Å². The number of hydrogen-bond acceptors (Lipinski definition) is 2. The van der Waals surface area contributed by atoms with Crippen molar-refractivity contribution >= 4 is 54.4 Å². The molecule has 0 aliphatic heterocycles. The van der Waals surface area contributed by atoms with Crippen molar-refractivity contribution in [2.24, 2.45) is 0 Å². The van der Waals surface area contributed by atoms with Crippen molar-refractivity contribution in [2.45, 2.75) is 0 Å². The van der Waals surface area contributed by atoms with Crippen molar-refractivity contribution in [3.05, 3.63) is 219 Å². The number of nitrogens with zero attached hydrogens (tertiary/aromatic N) is 4. The lowest BCUT2D eigenvalue weighted by Crippen LogP contribution is -1.96. The molecule has 0 saturated heterocycles. The van der Waals surface area contributed by atoms with E-state index in [1.165, 1.54) is 49.3 Å². The van der Waals surface area contributed by atoms with E-state index in [0.29, 0.717) is 5.82 Å². The van der Waals surface area contributed by atoms with Crippen LogP contribution in [0.2, 0.25) is 0 Å². The Bertz CT molecular complexity index is 3560. The van der Waals surface area contributed by atoms with Crippen LogP contribution in [0.15, 0.2) is 219 Å². The van der Waals surface area contributed by atoms with Gasteiger partial charge >= 0.3 is 0 Å². The van der Waals surface area contributed by atoms with Gasteiger partial charge in [-0.2, -0.15) is 0 Å². The SMILES string of the molecule is c1ccc(-c2ccc(-n3ccc4c3ccc3c5cc(-c6nc(-c7ccc(-c8cccc9ccccc89)cc7)c7ccccc7n6)ccc5n(-c5ccccc5)c34)cc2)cc1. The van der Waals surface area contributed by atoms with Gasteiger partial charge in [0, 0.05) is 50.2 Å². The Labute approximate surface area is 346 Å². The van der Waals surface area contributed by atoms with Crippen molar-refractivity contribution < 1.29 is 0 Å². The Hall–Kier alpha value is -8.08. The second kappa shape index (κ2) is 13.8.